The van der Waals surface area contributed by atoms with E-state index in [1.165, 1.54) is 24.3 Å². The molecule has 2 aromatic rings. The van der Waals surface area contributed by atoms with Crippen molar-refractivity contribution in [3.63, 3.8) is 0 Å². The van der Waals surface area contributed by atoms with Gasteiger partial charge in [0.25, 0.3) is 0 Å². The van der Waals surface area contributed by atoms with E-state index in [1.54, 1.807) is 24.3 Å². The normalized spacial score (nSPS) is 12.6. The molecule has 0 spiro atoms. The van der Waals surface area contributed by atoms with E-state index in [2.05, 4.69) is 5.32 Å². The van der Waals surface area contributed by atoms with Crippen LogP contribution in [0.25, 0.3) is 0 Å². The van der Waals surface area contributed by atoms with Crippen LogP contribution in [-0.2, 0) is 0 Å². The van der Waals surface area contributed by atoms with Gasteiger partial charge in [-0.2, -0.15) is 0 Å². The Morgan fingerprint density at radius 1 is 1.00 bits per heavy atom. The van der Waals surface area contributed by atoms with Crippen molar-refractivity contribution in [1.82, 2.24) is 5.32 Å². The summed E-state index contributed by atoms with van der Waals surface area (Å²) in [6, 6.07) is 12.2. The van der Waals surface area contributed by atoms with Crippen LogP contribution in [0.3, 0.4) is 0 Å². The second-order valence-electron chi connectivity index (χ2n) is 5.36. The Labute approximate surface area is 129 Å². The maximum Gasteiger partial charge on any atom is 0.123 e. The minimum absolute atomic E-state index is 0.367. The molecule has 0 heterocycles. The predicted molar refractivity (Wildman–Crippen MR) is 83.8 cm³/mol. The van der Waals surface area contributed by atoms with Gasteiger partial charge in [0.05, 0.1) is 6.10 Å². The molecule has 0 aliphatic rings. The number of aliphatic hydroxyl groups is 1. The molecule has 4 heteroatoms. The number of hydrogen-bond acceptors (Lipinski definition) is 2. The zero-order valence-corrected chi connectivity index (χ0v) is 12.6. The molecule has 0 aliphatic heterocycles. The number of benzene rings is 2. The van der Waals surface area contributed by atoms with Gasteiger partial charge in [0.2, 0.25) is 0 Å². The molecule has 1 atom stereocenters. The highest BCUT2D eigenvalue weighted by Crippen LogP contribution is 2.29. The first kappa shape index (κ1) is 16.6. The quantitative estimate of drug-likeness (QED) is 0.768. The molecule has 0 fully saturated rings. The fraction of sp³-hybridized carbons (Fsp3) is 0.333. The Hall–Kier alpha value is -1.78. The van der Waals surface area contributed by atoms with Gasteiger partial charge >= 0.3 is 0 Å². The monoisotopic (exact) mass is 305 g/mol. The van der Waals surface area contributed by atoms with E-state index < -0.39 is 12.0 Å². The molecule has 0 radical (unpaired) electrons. The van der Waals surface area contributed by atoms with Crippen LogP contribution >= 0.6 is 0 Å². The minimum atomic E-state index is -0.768. The predicted octanol–water partition coefficient (Wildman–Crippen LogP) is 3.46. The van der Waals surface area contributed by atoms with Crippen LogP contribution < -0.4 is 5.32 Å². The summed E-state index contributed by atoms with van der Waals surface area (Å²) >= 11 is 0. The number of rotatable bonds is 7. The maximum atomic E-state index is 13.5. The molecule has 0 saturated carbocycles. The molecule has 0 aliphatic carbocycles. The Morgan fingerprint density at radius 3 is 2.00 bits per heavy atom. The van der Waals surface area contributed by atoms with Crippen molar-refractivity contribution in [3.8, 4) is 0 Å². The van der Waals surface area contributed by atoms with Gasteiger partial charge in [-0.1, -0.05) is 31.2 Å². The van der Waals surface area contributed by atoms with Crippen molar-refractivity contribution in [2.75, 3.05) is 13.1 Å². The van der Waals surface area contributed by atoms with E-state index in [0.717, 1.165) is 13.0 Å². The molecule has 2 rings (SSSR count). The van der Waals surface area contributed by atoms with Crippen LogP contribution in [0.5, 0.6) is 0 Å². The summed E-state index contributed by atoms with van der Waals surface area (Å²) in [6.07, 6.45) is 0.187. The van der Waals surface area contributed by atoms with Gasteiger partial charge < -0.3 is 10.4 Å². The summed E-state index contributed by atoms with van der Waals surface area (Å²) in [6.45, 7) is 3.19. The van der Waals surface area contributed by atoms with Crippen molar-refractivity contribution < 1.29 is 13.9 Å². The van der Waals surface area contributed by atoms with Gasteiger partial charge in [0, 0.05) is 12.5 Å². The summed E-state index contributed by atoms with van der Waals surface area (Å²) in [5, 5.41) is 13.7. The zero-order chi connectivity index (χ0) is 15.9. The smallest absolute Gasteiger partial charge is 0.123 e. The third-order valence-corrected chi connectivity index (χ3v) is 3.58. The lowest BCUT2D eigenvalue weighted by Crippen LogP contribution is -2.32. The molecule has 0 amide bonds. The summed E-state index contributed by atoms with van der Waals surface area (Å²) in [4.78, 5) is 0. The van der Waals surface area contributed by atoms with Crippen molar-refractivity contribution in [1.29, 1.82) is 0 Å². The van der Waals surface area contributed by atoms with Gasteiger partial charge in [-0.15, -0.1) is 0 Å². The van der Waals surface area contributed by atoms with Crippen molar-refractivity contribution in [2.24, 2.45) is 0 Å². The molecule has 0 aromatic heterocycles. The molecule has 2 aromatic carbocycles. The summed E-state index contributed by atoms with van der Waals surface area (Å²) < 4.78 is 27.0. The fourth-order valence-corrected chi connectivity index (χ4v) is 2.58. The first-order valence-electron chi connectivity index (χ1n) is 7.51. The highest BCUT2D eigenvalue weighted by atomic mass is 19.1. The number of nitrogens with one attached hydrogen (secondary N) is 1. The second-order valence-corrected chi connectivity index (χ2v) is 5.36. The van der Waals surface area contributed by atoms with Crippen LogP contribution in [-0.4, -0.2) is 24.3 Å². The maximum absolute atomic E-state index is 13.5. The highest BCUT2D eigenvalue weighted by molar-refractivity contribution is 5.34. The Morgan fingerprint density at radius 2 is 1.55 bits per heavy atom. The Bertz CT molecular complexity index is 558. The summed E-state index contributed by atoms with van der Waals surface area (Å²) in [7, 11) is 0. The first-order chi connectivity index (χ1) is 10.6. The van der Waals surface area contributed by atoms with Crippen LogP contribution in [0.15, 0.2) is 48.5 Å². The number of halogens is 2. The molecule has 2 N–H and O–H groups in total. The summed E-state index contributed by atoms with van der Waals surface area (Å²) in [5.74, 6) is -1.21. The topological polar surface area (TPSA) is 32.3 Å². The molecular formula is C18H21F2NO. The lowest BCUT2D eigenvalue weighted by molar-refractivity contribution is 0.154. The lowest BCUT2D eigenvalue weighted by atomic mass is 9.86. The zero-order valence-electron chi connectivity index (χ0n) is 12.6. The van der Waals surface area contributed by atoms with Crippen LogP contribution in [0.4, 0.5) is 8.78 Å². The van der Waals surface area contributed by atoms with Crippen LogP contribution in [0, 0.1) is 11.6 Å². The van der Waals surface area contributed by atoms with E-state index in [1.807, 2.05) is 6.92 Å². The van der Waals surface area contributed by atoms with E-state index >= 15 is 0 Å². The Balaban J connectivity index is 2.32. The molecule has 0 saturated heterocycles. The van der Waals surface area contributed by atoms with Crippen LogP contribution in [0.2, 0.25) is 0 Å². The SMILES string of the molecule is CCCNCC(O)C(c1cccc(F)c1)c1cccc(F)c1. The van der Waals surface area contributed by atoms with Crippen LogP contribution in [0.1, 0.15) is 30.4 Å². The van der Waals surface area contributed by atoms with Gasteiger partial charge in [-0.3, -0.25) is 0 Å². The van der Waals surface area contributed by atoms with E-state index in [4.69, 9.17) is 0 Å². The minimum Gasteiger partial charge on any atom is -0.391 e. The van der Waals surface area contributed by atoms with Crippen molar-refractivity contribution in [3.05, 3.63) is 71.3 Å². The third-order valence-electron chi connectivity index (χ3n) is 3.58. The van der Waals surface area contributed by atoms with Gasteiger partial charge in [0.1, 0.15) is 11.6 Å². The van der Waals surface area contributed by atoms with Crippen molar-refractivity contribution >= 4 is 0 Å². The summed E-state index contributed by atoms with van der Waals surface area (Å²) in [5.41, 5.74) is 1.27. The standard InChI is InChI=1S/C18H21F2NO/c1-2-9-21-12-17(22)18(13-5-3-7-15(19)10-13)14-6-4-8-16(20)11-14/h3-8,10-11,17-18,21-22H,2,9,12H2,1H3. The third kappa shape index (κ3) is 4.36. The van der Waals surface area contributed by atoms with E-state index in [-0.39, 0.29) is 11.6 Å². The first-order valence-corrected chi connectivity index (χ1v) is 7.51. The average molecular weight is 305 g/mol. The highest BCUT2D eigenvalue weighted by Gasteiger charge is 2.23. The second kappa shape index (κ2) is 8.01. The number of hydrogen-bond donors (Lipinski definition) is 2. The largest absolute Gasteiger partial charge is 0.391 e. The molecule has 0 bridgehead atoms. The van der Waals surface area contributed by atoms with Crippen molar-refractivity contribution in [2.45, 2.75) is 25.4 Å². The molecule has 2 nitrogen and oxygen atoms in total. The molecule has 118 valence electrons. The van der Waals surface area contributed by atoms with Gasteiger partial charge in [0.15, 0.2) is 0 Å². The Kier molecular flexibility index (Phi) is 6.04. The number of aliphatic hydroxyl groups excluding tert-OH is 1. The average Bonchev–Trinajstić information content (AvgIpc) is 2.48. The lowest BCUT2D eigenvalue weighted by Gasteiger charge is -2.24. The van der Waals surface area contributed by atoms with Gasteiger partial charge in [-0.05, 0) is 48.4 Å². The van der Waals surface area contributed by atoms with Gasteiger partial charge in [-0.25, -0.2) is 8.78 Å². The fourth-order valence-electron chi connectivity index (χ4n) is 2.58. The molecule has 1 unspecified atom stereocenters. The van der Waals surface area contributed by atoms with E-state index in [9.17, 15) is 13.9 Å². The van der Waals surface area contributed by atoms with E-state index in [0.29, 0.717) is 17.7 Å². The molecular weight excluding hydrogens is 284 g/mol. The molecule has 22 heavy (non-hydrogen) atoms.